The van der Waals surface area contributed by atoms with Crippen molar-refractivity contribution in [1.82, 2.24) is 0 Å². The summed E-state index contributed by atoms with van der Waals surface area (Å²) in [6, 6.07) is 42.4. The van der Waals surface area contributed by atoms with Crippen molar-refractivity contribution in [3.05, 3.63) is 161 Å². The van der Waals surface area contributed by atoms with Crippen LogP contribution in [0.2, 0.25) is 0 Å². The summed E-state index contributed by atoms with van der Waals surface area (Å²) < 4.78 is 5.61. The molecule has 0 nitrogen and oxygen atoms in total. The molecule has 10 aromatic carbocycles. The SMILES string of the molecule is Cc1cc2c3ccc4c5c(ccc(c6c(C)cc7c8ccc9c%10c(ccc(c1c7c26)c%108)=c1sc2ccccc2c1=9)c53)=c1sc2ccccc2c1=4. The first kappa shape index (κ1) is 25.4. The van der Waals surface area contributed by atoms with E-state index in [-0.39, 0.29) is 0 Å². The second-order valence-electron chi connectivity index (χ2n) is 14.7. The van der Waals surface area contributed by atoms with E-state index in [0.717, 1.165) is 0 Å². The van der Waals surface area contributed by atoms with Crippen LogP contribution in [0.25, 0.3) is 95.6 Å². The highest BCUT2D eigenvalue weighted by molar-refractivity contribution is 7.17. The first-order valence-corrected chi connectivity index (χ1v) is 19.2. The Hall–Kier alpha value is -5.54. The van der Waals surface area contributed by atoms with E-state index in [4.69, 9.17) is 0 Å². The summed E-state index contributed by atoms with van der Waals surface area (Å²) in [4.78, 5) is 0. The molecule has 2 heterocycles. The van der Waals surface area contributed by atoms with E-state index in [2.05, 4.69) is 123 Å². The second-order valence-corrected chi connectivity index (χ2v) is 16.8. The van der Waals surface area contributed by atoms with Crippen LogP contribution in [-0.4, -0.2) is 0 Å². The van der Waals surface area contributed by atoms with Gasteiger partial charge < -0.3 is 0 Å². The maximum absolute atomic E-state index is 2.52. The molecule has 0 aliphatic heterocycles. The van der Waals surface area contributed by atoms with Crippen LogP contribution in [0, 0.1) is 54.2 Å². The minimum absolute atomic E-state index is 1.37. The van der Waals surface area contributed by atoms with Crippen LogP contribution in [0.5, 0.6) is 0 Å². The first-order chi connectivity index (χ1) is 24.7. The Morgan fingerprint density at radius 1 is 0.320 bits per heavy atom. The summed E-state index contributed by atoms with van der Waals surface area (Å²) in [5.74, 6) is 0. The molecule has 2 heteroatoms. The molecule has 50 heavy (non-hydrogen) atoms. The van der Waals surface area contributed by atoms with Crippen molar-refractivity contribution in [3.63, 3.8) is 0 Å². The zero-order chi connectivity index (χ0) is 32.3. The summed E-state index contributed by atoms with van der Waals surface area (Å²) in [5, 5.41) is 31.0. The van der Waals surface area contributed by atoms with Crippen molar-refractivity contribution >= 4 is 118 Å². The molecule has 12 aromatic rings. The van der Waals surface area contributed by atoms with Gasteiger partial charge >= 0.3 is 0 Å². The van der Waals surface area contributed by atoms with E-state index >= 15 is 0 Å². The van der Waals surface area contributed by atoms with Gasteiger partial charge in [-0.1, -0.05) is 97.1 Å². The van der Waals surface area contributed by atoms with Crippen LogP contribution in [-0.2, 0) is 0 Å². The molecule has 0 saturated heterocycles. The summed E-state index contributed by atoms with van der Waals surface area (Å²) in [7, 11) is 0. The molecule has 2 aliphatic carbocycles. The quantitative estimate of drug-likeness (QED) is 0.112. The lowest BCUT2D eigenvalue weighted by molar-refractivity contribution is 1.55. The van der Waals surface area contributed by atoms with Gasteiger partial charge in [0.2, 0.25) is 0 Å². The molecule has 2 aromatic heterocycles. The number of hydrogen-bond donors (Lipinski definition) is 0. The van der Waals surface area contributed by atoms with E-state index in [9.17, 15) is 0 Å². The normalized spacial score (nSPS) is 13.4. The van der Waals surface area contributed by atoms with Gasteiger partial charge in [-0.3, -0.25) is 0 Å². The summed E-state index contributed by atoms with van der Waals surface area (Å²) in [6.07, 6.45) is 0. The Kier molecular flexibility index (Phi) is 4.11. The average Bonchev–Trinajstić information content (AvgIpc) is 3.88. The predicted molar refractivity (Wildman–Crippen MR) is 215 cm³/mol. The van der Waals surface area contributed by atoms with Gasteiger partial charge in [-0.25, -0.2) is 0 Å². The smallest absolute Gasteiger partial charge is 0.0440 e. The molecular weight excluding hydrogens is 641 g/mol. The van der Waals surface area contributed by atoms with Crippen molar-refractivity contribution in [2.24, 2.45) is 0 Å². The van der Waals surface area contributed by atoms with E-state index in [1.807, 2.05) is 22.7 Å². The number of hydrogen-bond acceptors (Lipinski definition) is 2. The van der Waals surface area contributed by atoms with Crippen molar-refractivity contribution < 1.29 is 0 Å². The number of benzene rings is 10. The molecule has 0 amide bonds. The maximum Gasteiger partial charge on any atom is 0.0440 e. The Balaban J connectivity index is 1.24. The molecule has 0 N–H and O–H groups in total. The predicted octanol–water partition coefficient (Wildman–Crippen LogP) is 13.5. The van der Waals surface area contributed by atoms with Gasteiger partial charge in [0, 0.05) is 50.1 Å². The van der Waals surface area contributed by atoms with Gasteiger partial charge in [-0.15, -0.1) is 22.7 Å². The molecule has 228 valence electrons. The molecule has 0 saturated carbocycles. The lowest BCUT2D eigenvalue weighted by Gasteiger charge is -2.22. The molecule has 0 radical (unpaired) electrons. The van der Waals surface area contributed by atoms with Crippen LogP contribution in [0.15, 0.2) is 109 Å². The van der Waals surface area contributed by atoms with Crippen LogP contribution in [0.4, 0.5) is 0 Å². The fourth-order valence-electron chi connectivity index (χ4n) is 10.7. The summed E-state index contributed by atoms with van der Waals surface area (Å²) in [6.45, 7) is 4.71. The van der Waals surface area contributed by atoms with Crippen molar-refractivity contribution in [3.8, 4) is 0 Å². The highest BCUT2D eigenvalue weighted by atomic mass is 32.1. The molecular formula is C48H24S2. The van der Waals surface area contributed by atoms with Gasteiger partial charge in [0.1, 0.15) is 0 Å². The average molecular weight is 665 g/mol. The van der Waals surface area contributed by atoms with E-state index in [1.165, 1.54) is 147 Å². The summed E-state index contributed by atoms with van der Waals surface area (Å²) >= 11 is 3.90. The first-order valence-electron chi connectivity index (χ1n) is 17.5. The number of rotatable bonds is 0. The third kappa shape index (κ3) is 2.57. The van der Waals surface area contributed by atoms with E-state index < -0.39 is 0 Å². The third-order valence-electron chi connectivity index (χ3n) is 12.5. The third-order valence-corrected chi connectivity index (χ3v) is 14.9. The van der Waals surface area contributed by atoms with Gasteiger partial charge in [0.05, 0.1) is 0 Å². The Morgan fingerprint density at radius 2 is 0.740 bits per heavy atom. The minimum Gasteiger partial charge on any atom is -0.135 e. The fourth-order valence-corrected chi connectivity index (χ4v) is 13.2. The largest absolute Gasteiger partial charge is 0.135 e. The van der Waals surface area contributed by atoms with Crippen molar-refractivity contribution in [2.45, 2.75) is 13.8 Å². The van der Waals surface area contributed by atoms with Gasteiger partial charge in [0.15, 0.2) is 0 Å². The lowest BCUT2D eigenvalue weighted by atomic mass is 9.81. The maximum atomic E-state index is 2.52. The van der Waals surface area contributed by atoms with Crippen molar-refractivity contribution in [1.29, 1.82) is 0 Å². The highest BCUT2D eigenvalue weighted by Crippen LogP contribution is 2.51. The zero-order valence-electron chi connectivity index (χ0n) is 27.2. The number of thiophene rings is 2. The lowest BCUT2D eigenvalue weighted by Crippen LogP contribution is -1.95. The summed E-state index contributed by atoms with van der Waals surface area (Å²) in [5.41, 5.74) is 2.73. The van der Waals surface area contributed by atoms with Gasteiger partial charge in [-0.05, 0) is 123 Å². The standard InChI is InChI=1S/C48H24S2/c1-21-19-33-23-11-13-30-42-32(48-44(30)26-8-4-6-10-36(26)50-48)18-16-28(40(23)42)38-22(2)20-34-24-12-14-29-41-31(47-43(29)25-7-3-5-9-35(25)49-47)17-15-27(39(24)41)37(21)45(34)46(33)38/h3-20H,1-2H3. The number of aryl methyl sites for hydroxylation is 2. The van der Waals surface area contributed by atoms with Crippen LogP contribution in [0.1, 0.15) is 11.1 Å². The second kappa shape index (κ2) is 8.08. The van der Waals surface area contributed by atoms with E-state index in [1.54, 1.807) is 0 Å². The molecule has 0 spiro atoms. The van der Waals surface area contributed by atoms with Gasteiger partial charge in [0.25, 0.3) is 0 Å². The van der Waals surface area contributed by atoms with Crippen LogP contribution in [0.3, 0.4) is 0 Å². The molecule has 0 atom stereocenters. The van der Waals surface area contributed by atoms with Crippen molar-refractivity contribution in [2.75, 3.05) is 0 Å². The Bertz CT molecular complexity index is 3800. The number of fused-ring (bicyclic) bond motifs is 10. The highest BCUT2D eigenvalue weighted by Gasteiger charge is 2.25. The molecule has 2 aliphatic rings. The Labute approximate surface area is 291 Å². The van der Waals surface area contributed by atoms with E-state index in [0.29, 0.717) is 0 Å². The van der Waals surface area contributed by atoms with Crippen LogP contribution < -0.4 is 0 Å². The monoisotopic (exact) mass is 664 g/mol. The molecule has 0 fully saturated rings. The van der Waals surface area contributed by atoms with Gasteiger partial charge in [-0.2, -0.15) is 0 Å². The fraction of sp³-hybridized carbons (Fsp3) is 0.0417. The minimum atomic E-state index is 1.37. The molecule has 0 bridgehead atoms. The van der Waals surface area contributed by atoms with Crippen LogP contribution >= 0.6 is 22.7 Å². The Morgan fingerprint density at radius 3 is 1.22 bits per heavy atom. The molecule has 14 rings (SSSR count). The molecule has 0 unspecified atom stereocenters. The zero-order valence-corrected chi connectivity index (χ0v) is 28.8. The topological polar surface area (TPSA) is 0 Å².